The van der Waals surface area contributed by atoms with E-state index in [9.17, 15) is 9.18 Å². The number of amides is 1. The average molecular weight is 475 g/mol. The monoisotopic (exact) mass is 474 g/mol. The van der Waals surface area contributed by atoms with E-state index >= 15 is 0 Å². The van der Waals surface area contributed by atoms with Crippen molar-refractivity contribution in [3.8, 4) is 17.0 Å². The molecule has 6 nitrogen and oxygen atoms in total. The molecule has 0 bridgehead atoms. The SMILES string of the molecule is Cc1cc(C(=O)N2CCCC2C(C)Oc2ncc(Cl)cc2-c2ccc(Cl)c(F)c2)cnn1. The van der Waals surface area contributed by atoms with E-state index in [1.165, 1.54) is 24.5 Å². The van der Waals surface area contributed by atoms with E-state index in [1.54, 1.807) is 30.0 Å². The molecule has 1 aliphatic rings. The van der Waals surface area contributed by atoms with Crippen molar-refractivity contribution in [2.75, 3.05) is 6.54 Å². The van der Waals surface area contributed by atoms with Crippen molar-refractivity contribution >= 4 is 29.1 Å². The van der Waals surface area contributed by atoms with Gasteiger partial charge in [-0.05, 0) is 56.5 Å². The van der Waals surface area contributed by atoms with Crippen molar-refractivity contribution in [3.05, 3.63) is 69.8 Å². The predicted molar refractivity (Wildman–Crippen MR) is 121 cm³/mol. The average Bonchev–Trinajstić information content (AvgIpc) is 3.26. The molecule has 166 valence electrons. The number of rotatable bonds is 5. The number of ether oxygens (including phenoxy) is 1. The number of aryl methyl sites for hydroxylation is 1. The highest BCUT2D eigenvalue weighted by Crippen LogP contribution is 2.34. The maximum Gasteiger partial charge on any atom is 0.255 e. The number of hydrogen-bond donors (Lipinski definition) is 0. The maximum atomic E-state index is 14.1. The van der Waals surface area contributed by atoms with E-state index in [-0.39, 0.29) is 23.1 Å². The number of likely N-dealkylation sites (tertiary alicyclic amines) is 1. The Morgan fingerprint density at radius 1 is 1.25 bits per heavy atom. The van der Waals surface area contributed by atoms with E-state index < -0.39 is 5.82 Å². The second-order valence-electron chi connectivity index (χ2n) is 7.75. The highest BCUT2D eigenvalue weighted by molar-refractivity contribution is 6.31. The van der Waals surface area contributed by atoms with Gasteiger partial charge in [0.05, 0.1) is 33.5 Å². The zero-order valence-electron chi connectivity index (χ0n) is 17.6. The van der Waals surface area contributed by atoms with Crippen LogP contribution in [-0.2, 0) is 0 Å². The van der Waals surface area contributed by atoms with Crippen LogP contribution in [0.3, 0.4) is 0 Å². The largest absolute Gasteiger partial charge is 0.472 e. The summed E-state index contributed by atoms with van der Waals surface area (Å²) >= 11 is 12.0. The first kappa shape index (κ1) is 22.4. The summed E-state index contributed by atoms with van der Waals surface area (Å²) in [6, 6.07) is 7.72. The normalized spacial score (nSPS) is 16.8. The Morgan fingerprint density at radius 3 is 2.81 bits per heavy atom. The molecule has 1 aromatic carbocycles. The van der Waals surface area contributed by atoms with Crippen LogP contribution in [0.15, 0.2) is 42.7 Å². The number of carbonyl (C=O) groups excluding carboxylic acids is 1. The molecule has 0 N–H and O–H groups in total. The van der Waals surface area contributed by atoms with E-state index in [2.05, 4.69) is 15.2 Å². The molecule has 4 rings (SSSR count). The summed E-state index contributed by atoms with van der Waals surface area (Å²) in [6.07, 6.45) is 4.25. The molecule has 1 amide bonds. The van der Waals surface area contributed by atoms with Crippen LogP contribution in [0.5, 0.6) is 5.88 Å². The van der Waals surface area contributed by atoms with Gasteiger partial charge in [0.2, 0.25) is 5.88 Å². The molecule has 1 aliphatic heterocycles. The molecular formula is C23H21Cl2FN4O2. The molecule has 1 fully saturated rings. The molecule has 0 radical (unpaired) electrons. The van der Waals surface area contributed by atoms with Gasteiger partial charge in [-0.25, -0.2) is 9.37 Å². The lowest BCUT2D eigenvalue weighted by Gasteiger charge is -2.30. The van der Waals surface area contributed by atoms with E-state index in [0.717, 1.165) is 12.8 Å². The third-order valence-electron chi connectivity index (χ3n) is 5.47. The Hall–Kier alpha value is -2.77. The molecule has 0 spiro atoms. The Labute approximate surface area is 195 Å². The zero-order valence-corrected chi connectivity index (χ0v) is 19.1. The number of nitrogens with zero attached hydrogens (tertiary/aromatic N) is 4. The third kappa shape index (κ3) is 4.69. The van der Waals surface area contributed by atoms with Gasteiger partial charge in [0.25, 0.3) is 5.91 Å². The van der Waals surface area contributed by atoms with Crippen LogP contribution >= 0.6 is 23.2 Å². The molecule has 2 aromatic heterocycles. The van der Waals surface area contributed by atoms with E-state index in [1.807, 2.05) is 6.92 Å². The van der Waals surface area contributed by atoms with Crippen molar-refractivity contribution in [2.24, 2.45) is 0 Å². The van der Waals surface area contributed by atoms with Gasteiger partial charge >= 0.3 is 0 Å². The fourth-order valence-electron chi connectivity index (χ4n) is 3.93. The van der Waals surface area contributed by atoms with Crippen LogP contribution in [0.25, 0.3) is 11.1 Å². The molecule has 0 aliphatic carbocycles. The van der Waals surface area contributed by atoms with Crippen LogP contribution in [0.2, 0.25) is 10.0 Å². The van der Waals surface area contributed by atoms with Crippen molar-refractivity contribution < 1.29 is 13.9 Å². The highest BCUT2D eigenvalue weighted by Gasteiger charge is 2.35. The van der Waals surface area contributed by atoms with Gasteiger partial charge in [-0.3, -0.25) is 4.79 Å². The summed E-state index contributed by atoms with van der Waals surface area (Å²) < 4.78 is 20.3. The van der Waals surface area contributed by atoms with Crippen molar-refractivity contribution in [2.45, 2.75) is 38.8 Å². The van der Waals surface area contributed by atoms with Crippen molar-refractivity contribution in [1.29, 1.82) is 0 Å². The minimum absolute atomic E-state index is 0.0283. The van der Waals surface area contributed by atoms with Gasteiger partial charge in [0, 0.05) is 18.3 Å². The van der Waals surface area contributed by atoms with Crippen LogP contribution in [0.4, 0.5) is 4.39 Å². The van der Waals surface area contributed by atoms with E-state index in [4.69, 9.17) is 27.9 Å². The first-order valence-corrected chi connectivity index (χ1v) is 11.0. The number of pyridine rings is 1. The predicted octanol–water partition coefficient (Wildman–Crippen LogP) is 5.37. The Kier molecular flexibility index (Phi) is 6.58. The molecule has 2 atom stereocenters. The van der Waals surface area contributed by atoms with Gasteiger partial charge in [0.15, 0.2) is 0 Å². The number of hydrogen-bond acceptors (Lipinski definition) is 5. The fraction of sp³-hybridized carbons (Fsp3) is 0.304. The van der Waals surface area contributed by atoms with Gasteiger partial charge in [-0.1, -0.05) is 29.3 Å². The zero-order chi connectivity index (χ0) is 22.8. The van der Waals surface area contributed by atoms with Crippen molar-refractivity contribution in [3.63, 3.8) is 0 Å². The minimum atomic E-state index is -0.544. The molecule has 1 saturated heterocycles. The Bertz CT molecular complexity index is 1160. The third-order valence-corrected chi connectivity index (χ3v) is 5.98. The lowest BCUT2D eigenvalue weighted by Crippen LogP contribution is -2.44. The minimum Gasteiger partial charge on any atom is -0.472 e. The quantitative estimate of drug-likeness (QED) is 0.497. The molecule has 3 aromatic rings. The summed E-state index contributed by atoms with van der Waals surface area (Å²) in [5, 5.41) is 8.23. The summed E-state index contributed by atoms with van der Waals surface area (Å²) in [5.74, 6) is -0.341. The number of benzene rings is 1. The maximum absolute atomic E-state index is 14.1. The topological polar surface area (TPSA) is 68.2 Å². The van der Waals surface area contributed by atoms with Crippen LogP contribution in [-0.4, -0.2) is 44.7 Å². The van der Waals surface area contributed by atoms with Crippen molar-refractivity contribution in [1.82, 2.24) is 20.1 Å². The second kappa shape index (κ2) is 9.38. The molecule has 9 heteroatoms. The van der Waals surface area contributed by atoms with Crippen LogP contribution in [0, 0.1) is 12.7 Å². The van der Waals surface area contributed by atoms with Gasteiger partial charge in [-0.15, -0.1) is 0 Å². The molecule has 3 heterocycles. The molecular weight excluding hydrogens is 454 g/mol. The number of halogens is 3. The summed E-state index contributed by atoms with van der Waals surface area (Å²) in [7, 11) is 0. The van der Waals surface area contributed by atoms with E-state index in [0.29, 0.717) is 39.8 Å². The first-order valence-electron chi connectivity index (χ1n) is 10.2. The molecule has 2 unspecified atom stereocenters. The van der Waals surface area contributed by atoms with Crippen LogP contribution < -0.4 is 4.74 Å². The Morgan fingerprint density at radius 2 is 2.06 bits per heavy atom. The number of aromatic nitrogens is 3. The fourth-order valence-corrected chi connectivity index (χ4v) is 4.21. The second-order valence-corrected chi connectivity index (χ2v) is 8.60. The Balaban J connectivity index is 1.59. The lowest BCUT2D eigenvalue weighted by molar-refractivity contribution is 0.0581. The standard InChI is InChI=1S/C23H21Cl2FN4O2/c1-13-8-16(11-28-29-13)23(31)30-7-3-4-21(30)14(2)32-22-18(10-17(24)12-27-22)15-5-6-19(25)20(26)9-15/h5-6,8-12,14,21H,3-4,7H2,1-2H3. The first-order chi connectivity index (χ1) is 15.3. The number of carbonyl (C=O) groups is 1. The highest BCUT2D eigenvalue weighted by atomic mass is 35.5. The van der Waals surface area contributed by atoms with Gasteiger partial charge in [0.1, 0.15) is 11.9 Å². The summed E-state index contributed by atoms with van der Waals surface area (Å²) in [5.41, 5.74) is 2.27. The van der Waals surface area contributed by atoms with Crippen LogP contribution in [0.1, 0.15) is 35.8 Å². The molecule has 32 heavy (non-hydrogen) atoms. The molecule has 0 saturated carbocycles. The smallest absolute Gasteiger partial charge is 0.255 e. The lowest BCUT2D eigenvalue weighted by atomic mass is 10.1. The van der Waals surface area contributed by atoms with Gasteiger partial charge < -0.3 is 9.64 Å². The summed E-state index contributed by atoms with van der Waals surface area (Å²) in [6.45, 7) is 4.32. The van der Waals surface area contributed by atoms with Gasteiger partial charge in [-0.2, -0.15) is 10.2 Å². The summed E-state index contributed by atoms with van der Waals surface area (Å²) in [4.78, 5) is 19.2.